The molecule has 0 aliphatic rings. The van der Waals surface area contributed by atoms with Crippen molar-refractivity contribution in [3.8, 4) is 5.75 Å². The van der Waals surface area contributed by atoms with Gasteiger partial charge in [-0.25, -0.2) is 0 Å². The highest BCUT2D eigenvalue weighted by Crippen LogP contribution is 2.07. The summed E-state index contributed by atoms with van der Waals surface area (Å²) >= 11 is 0. The minimum atomic E-state index is -0.158. The molecule has 0 fully saturated rings. The molecule has 1 aromatic rings. The smallest absolute Gasteiger partial charge is 0.193 e. The van der Waals surface area contributed by atoms with Crippen LogP contribution in [0.1, 0.15) is 6.92 Å². The first kappa shape index (κ1) is 11.3. The van der Waals surface area contributed by atoms with Crippen LogP contribution in [-0.4, -0.2) is 19.0 Å². The molecule has 0 radical (unpaired) electrons. The molecule has 0 bridgehead atoms. The molecule has 0 amide bonds. The molecule has 0 aromatic heterocycles. The van der Waals surface area contributed by atoms with E-state index in [4.69, 9.17) is 9.47 Å². The van der Waals surface area contributed by atoms with Gasteiger partial charge in [0, 0.05) is 6.92 Å². The van der Waals surface area contributed by atoms with E-state index in [2.05, 4.69) is 6.58 Å². The molecular weight excluding hydrogens is 192 g/mol. The van der Waals surface area contributed by atoms with Crippen LogP contribution in [0.4, 0.5) is 0 Å². The summed E-state index contributed by atoms with van der Waals surface area (Å²) in [7, 11) is 0. The maximum absolute atomic E-state index is 10.7. The highest BCUT2D eigenvalue weighted by Gasteiger charge is 2.00. The molecule has 1 rings (SSSR count). The van der Waals surface area contributed by atoms with E-state index in [1.165, 1.54) is 6.92 Å². The van der Waals surface area contributed by atoms with Crippen LogP contribution in [0.25, 0.3) is 0 Å². The first-order valence-corrected chi connectivity index (χ1v) is 4.70. The van der Waals surface area contributed by atoms with Gasteiger partial charge in [-0.3, -0.25) is 4.79 Å². The Bertz CT molecular complexity index is 330. The van der Waals surface area contributed by atoms with Crippen molar-refractivity contribution in [1.29, 1.82) is 0 Å². The van der Waals surface area contributed by atoms with Crippen molar-refractivity contribution in [2.45, 2.75) is 6.92 Å². The van der Waals surface area contributed by atoms with Gasteiger partial charge in [0.2, 0.25) is 0 Å². The lowest BCUT2D eigenvalue weighted by atomic mass is 10.3. The quantitative estimate of drug-likeness (QED) is 0.406. The summed E-state index contributed by atoms with van der Waals surface area (Å²) in [4.78, 5) is 10.7. The Balaban J connectivity index is 2.18. The van der Waals surface area contributed by atoms with Gasteiger partial charge in [-0.1, -0.05) is 24.8 Å². The summed E-state index contributed by atoms with van der Waals surface area (Å²) in [6, 6.07) is 9.43. The lowest BCUT2D eigenvalue weighted by molar-refractivity contribution is -0.116. The van der Waals surface area contributed by atoms with Crippen LogP contribution >= 0.6 is 0 Å². The van der Waals surface area contributed by atoms with Gasteiger partial charge in [0.15, 0.2) is 11.5 Å². The second kappa shape index (κ2) is 5.86. The molecule has 15 heavy (non-hydrogen) atoms. The minimum Gasteiger partial charge on any atom is -0.490 e. The number of hydrogen-bond donors (Lipinski definition) is 0. The van der Waals surface area contributed by atoms with Crippen molar-refractivity contribution < 1.29 is 14.3 Å². The lowest BCUT2D eigenvalue weighted by Gasteiger charge is -2.07. The molecule has 0 aliphatic carbocycles. The van der Waals surface area contributed by atoms with Crippen molar-refractivity contribution in [3.05, 3.63) is 42.7 Å². The van der Waals surface area contributed by atoms with Gasteiger partial charge in [-0.05, 0) is 12.1 Å². The molecule has 0 N–H and O–H groups in total. The minimum absolute atomic E-state index is 0.158. The van der Waals surface area contributed by atoms with Crippen LogP contribution < -0.4 is 4.74 Å². The molecule has 0 spiro atoms. The van der Waals surface area contributed by atoms with Gasteiger partial charge in [0.05, 0.1) is 0 Å². The van der Waals surface area contributed by atoms with Gasteiger partial charge in [0.1, 0.15) is 19.0 Å². The van der Waals surface area contributed by atoms with Crippen LogP contribution in [-0.2, 0) is 9.53 Å². The summed E-state index contributed by atoms with van der Waals surface area (Å²) in [6.07, 6.45) is 0. The second-order valence-electron chi connectivity index (χ2n) is 2.99. The summed E-state index contributed by atoms with van der Waals surface area (Å²) in [5.74, 6) is 0.802. The van der Waals surface area contributed by atoms with E-state index in [9.17, 15) is 4.79 Å². The molecule has 3 nitrogen and oxygen atoms in total. The van der Waals surface area contributed by atoms with E-state index < -0.39 is 0 Å². The van der Waals surface area contributed by atoms with Crippen LogP contribution in [0.15, 0.2) is 42.7 Å². The highest BCUT2D eigenvalue weighted by molar-refractivity contribution is 5.90. The fraction of sp³-hybridized carbons (Fsp3) is 0.250. The molecule has 0 saturated heterocycles. The van der Waals surface area contributed by atoms with E-state index in [0.29, 0.717) is 13.2 Å². The van der Waals surface area contributed by atoms with Gasteiger partial charge >= 0.3 is 0 Å². The third-order valence-corrected chi connectivity index (χ3v) is 1.76. The lowest BCUT2D eigenvalue weighted by Crippen LogP contribution is -2.09. The first-order valence-electron chi connectivity index (χ1n) is 4.70. The molecule has 0 heterocycles. The average molecular weight is 206 g/mol. The monoisotopic (exact) mass is 206 g/mol. The van der Waals surface area contributed by atoms with Gasteiger partial charge in [-0.15, -0.1) is 0 Å². The maximum Gasteiger partial charge on any atom is 0.193 e. The average Bonchev–Trinajstić information content (AvgIpc) is 2.25. The van der Waals surface area contributed by atoms with E-state index in [0.717, 1.165) is 5.75 Å². The first-order chi connectivity index (χ1) is 7.20. The molecule has 80 valence electrons. The number of carbonyl (C=O) groups is 1. The Morgan fingerprint density at radius 3 is 2.53 bits per heavy atom. The number of benzene rings is 1. The zero-order valence-electron chi connectivity index (χ0n) is 8.73. The number of para-hydroxylation sites is 1. The molecular formula is C12H14O3. The Morgan fingerprint density at radius 2 is 1.93 bits per heavy atom. The SMILES string of the molecule is C=C(OCCOc1ccccc1)C(C)=O. The molecule has 0 aliphatic heterocycles. The standard InChI is InChI=1S/C12H14O3/c1-10(13)11(2)14-8-9-15-12-6-4-3-5-7-12/h3-7H,2,8-9H2,1H3. The highest BCUT2D eigenvalue weighted by atomic mass is 16.5. The van der Waals surface area contributed by atoms with Crippen molar-refractivity contribution in [2.75, 3.05) is 13.2 Å². The number of rotatable bonds is 6. The normalized spacial score (nSPS) is 9.40. The second-order valence-corrected chi connectivity index (χ2v) is 2.99. The third-order valence-electron chi connectivity index (χ3n) is 1.76. The van der Waals surface area contributed by atoms with Crippen LogP contribution in [0, 0.1) is 0 Å². The summed E-state index contributed by atoms with van der Waals surface area (Å²) < 4.78 is 10.4. The molecule has 3 heteroatoms. The van der Waals surface area contributed by atoms with Crippen LogP contribution in [0.5, 0.6) is 5.75 Å². The Hall–Kier alpha value is -1.77. The zero-order valence-corrected chi connectivity index (χ0v) is 8.73. The number of ketones is 1. The van der Waals surface area contributed by atoms with Gasteiger partial charge < -0.3 is 9.47 Å². The van der Waals surface area contributed by atoms with Crippen molar-refractivity contribution >= 4 is 5.78 Å². The largest absolute Gasteiger partial charge is 0.490 e. The molecule has 1 aromatic carbocycles. The van der Waals surface area contributed by atoms with Crippen molar-refractivity contribution in [3.63, 3.8) is 0 Å². The van der Waals surface area contributed by atoms with E-state index >= 15 is 0 Å². The Kier molecular flexibility index (Phi) is 4.41. The van der Waals surface area contributed by atoms with Crippen LogP contribution in [0.3, 0.4) is 0 Å². The number of Topliss-reactive ketones (excluding diaryl/α,β-unsaturated/α-hetero) is 1. The Labute approximate surface area is 89.3 Å². The van der Waals surface area contributed by atoms with E-state index in [1.54, 1.807) is 0 Å². The number of ether oxygens (including phenoxy) is 2. The topological polar surface area (TPSA) is 35.5 Å². The number of hydrogen-bond acceptors (Lipinski definition) is 3. The fourth-order valence-corrected chi connectivity index (χ4v) is 0.943. The number of carbonyl (C=O) groups excluding carboxylic acids is 1. The number of allylic oxidation sites excluding steroid dienone is 1. The summed E-state index contributed by atoms with van der Waals surface area (Å²) in [5.41, 5.74) is 0. The van der Waals surface area contributed by atoms with E-state index in [-0.39, 0.29) is 11.5 Å². The summed E-state index contributed by atoms with van der Waals surface area (Å²) in [5, 5.41) is 0. The van der Waals surface area contributed by atoms with Crippen LogP contribution in [0.2, 0.25) is 0 Å². The zero-order chi connectivity index (χ0) is 11.1. The predicted octanol–water partition coefficient (Wildman–Crippen LogP) is 2.18. The predicted molar refractivity (Wildman–Crippen MR) is 57.7 cm³/mol. The summed E-state index contributed by atoms with van der Waals surface area (Å²) in [6.45, 7) is 5.61. The van der Waals surface area contributed by atoms with Gasteiger partial charge in [-0.2, -0.15) is 0 Å². The third kappa shape index (κ3) is 4.31. The van der Waals surface area contributed by atoms with Crippen molar-refractivity contribution in [1.82, 2.24) is 0 Å². The molecule has 0 atom stereocenters. The molecule has 0 saturated carbocycles. The van der Waals surface area contributed by atoms with Gasteiger partial charge in [0.25, 0.3) is 0 Å². The van der Waals surface area contributed by atoms with Crippen molar-refractivity contribution in [2.24, 2.45) is 0 Å². The maximum atomic E-state index is 10.7. The molecule has 0 unspecified atom stereocenters. The Morgan fingerprint density at radius 1 is 1.27 bits per heavy atom. The fourth-order valence-electron chi connectivity index (χ4n) is 0.943. The van der Waals surface area contributed by atoms with E-state index in [1.807, 2.05) is 30.3 Å².